The molecule has 0 aromatic heterocycles. The van der Waals surface area contributed by atoms with E-state index in [-0.39, 0.29) is 30.1 Å². The number of aliphatic carboxylic acids is 1. The van der Waals surface area contributed by atoms with Crippen molar-refractivity contribution in [3.63, 3.8) is 0 Å². The Morgan fingerprint density at radius 1 is 1.10 bits per heavy atom. The number of amides is 1. The second-order valence-corrected chi connectivity index (χ2v) is 14.7. The fraction of sp³-hybridized carbons (Fsp3) is 0.700. The molecule has 4 atom stereocenters. The van der Waals surface area contributed by atoms with Crippen LogP contribution in [0.25, 0.3) is 0 Å². The molecule has 1 aliphatic carbocycles. The number of benzene rings is 1. The van der Waals surface area contributed by atoms with E-state index in [0.717, 1.165) is 25.7 Å². The quantitative estimate of drug-likeness (QED) is 0.139. The van der Waals surface area contributed by atoms with Crippen LogP contribution in [-0.4, -0.2) is 58.6 Å². The van der Waals surface area contributed by atoms with E-state index >= 15 is 0 Å². The normalized spacial score (nSPS) is 22.5. The number of carbonyl (C=O) groups excluding carboxylic acids is 1. The van der Waals surface area contributed by atoms with Crippen LogP contribution in [0.5, 0.6) is 0 Å². The minimum absolute atomic E-state index is 0.0927. The lowest BCUT2D eigenvalue weighted by molar-refractivity contribution is -0.147. The van der Waals surface area contributed by atoms with Gasteiger partial charge < -0.3 is 14.7 Å². The Morgan fingerprint density at radius 3 is 2.41 bits per heavy atom. The highest BCUT2D eigenvalue weighted by Crippen LogP contribution is 2.51. The van der Waals surface area contributed by atoms with Crippen LogP contribution >= 0.6 is 16.2 Å². The highest BCUT2D eigenvalue weighted by Gasteiger charge is 2.44. The average Bonchev–Trinajstić information content (AvgIpc) is 3.38. The third-order valence-corrected chi connectivity index (χ3v) is 10.9. The Bertz CT molecular complexity index is 994. The molecule has 1 aromatic rings. The summed E-state index contributed by atoms with van der Waals surface area (Å²) >= 11 is 0. The van der Waals surface area contributed by atoms with Crippen molar-refractivity contribution in [3.8, 4) is 0 Å². The maximum atomic E-state index is 14.3. The van der Waals surface area contributed by atoms with Crippen molar-refractivity contribution in [2.75, 3.05) is 18.9 Å². The van der Waals surface area contributed by atoms with Crippen LogP contribution in [0.15, 0.2) is 30.3 Å². The lowest BCUT2D eigenvalue weighted by Gasteiger charge is -2.30. The molecule has 2 fully saturated rings. The number of hydrogen-bond donors (Lipinski definition) is 1. The average molecular weight is 580 g/mol. The van der Waals surface area contributed by atoms with Crippen LogP contribution in [0.2, 0.25) is 0 Å². The van der Waals surface area contributed by atoms with E-state index in [2.05, 4.69) is 21.0 Å². The van der Waals surface area contributed by atoms with Gasteiger partial charge >= 0.3 is 5.97 Å². The van der Waals surface area contributed by atoms with Crippen molar-refractivity contribution in [1.29, 1.82) is 0 Å². The molecule has 7 nitrogen and oxygen atoms in total. The van der Waals surface area contributed by atoms with Gasteiger partial charge in [-0.1, -0.05) is 92.1 Å². The SMILES string of the molecule is CCC(=P)O[C@H](O[P@@](=O)(CCCCc1ccccc1)CC(=O)N1C[C@H](C2CCCCC2)C[C@H]1C(=O)O)C(C)C. The molecule has 2 aliphatic rings. The Labute approximate surface area is 236 Å². The van der Waals surface area contributed by atoms with Crippen molar-refractivity contribution in [1.82, 2.24) is 4.90 Å². The molecular formula is C30H47NO6P2. The van der Waals surface area contributed by atoms with Gasteiger partial charge in [0.1, 0.15) is 12.2 Å². The molecule has 3 rings (SSSR count). The van der Waals surface area contributed by atoms with Gasteiger partial charge in [-0.2, -0.15) is 0 Å². The van der Waals surface area contributed by atoms with Gasteiger partial charge in [-0.25, -0.2) is 4.79 Å². The van der Waals surface area contributed by atoms with E-state index in [9.17, 15) is 19.3 Å². The van der Waals surface area contributed by atoms with E-state index in [4.69, 9.17) is 9.26 Å². The van der Waals surface area contributed by atoms with Crippen molar-refractivity contribution in [2.45, 2.75) is 97.3 Å². The molecule has 1 amide bonds. The zero-order chi connectivity index (χ0) is 28.4. The molecule has 0 unspecified atom stereocenters. The number of unbranched alkanes of at least 4 members (excludes halogenated alkanes) is 1. The topological polar surface area (TPSA) is 93.1 Å². The van der Waals surface area contributed by atoms with E-state index < -0.39 is 25.7 Å². The van der Waals surface area contributed by atoms with Gasteiger partial charge in [0, 0.05) is 18.6 Å². The molecule has 1 saturated heterocycles. The third kappa shape index (κ3) is 9.81. The number of ether oxygens (including phenoxy) is 1. The standard InChI is InChI=1S/C30H47NO6P2/c1-4-28(38)36-30(22(2)3)37-39(35,18-12-11-15-23-13-7-5-8-14-23)21-27(32)31-20-25(19-26(31)29(33)34)24-16-9-6-10-17-24/h5,7-8,13-14,22,24-26,30,38H,4,6,9-12,15-21H2,1-3H3,(H,33,34)/t25-,26+,30-,39+/m1/s1. The van der Waals surface area contributed by atoms with E-state index in [1.165, 1.54) is 29.7 Å². The van der Waals surface area contributed by atoms with Crippen molar-refractivity contribution in [2.24, 2.45) is 17.8 Å². The maximum absolute atomic E-state index is 14.3. The minimum atomic E-state index is -3.48. The van der Waals surface area contributed by atoms with Crippen LogP contribution in [0, 0.1) is 17.8 Å². The van der Waals surface area contributed by atoms with Crippen molar-refractivity contribution < 1.29 is 28.5 Å². The number of likely N-dealkylation sites (tertiary alicyclic amines) is 1. The molecular weight excluding hydrogens is 532 g/mol. The zero-order valence-corrected chi connectivity index (χ0v) is 25.7. The molecule has 1 N–H and O–H groups in total. The molecule has 1 saturated carbocycles. The van der Waals surface area contributed by atoms with Gasteiger partial charge in [-0.05, 0) is 49.5 Å². The summed E-state index contributed by atoms with van der Waals surface area (Å²) in [6.07, 6.45) is 8.33. The van der Waals surface area contributed by atoms with Gasteiger partial charge in [-0.15, -0.1) is 0 Å². The first-order valence-electron chi connectivity index (χ1n) is 14.7. The molecule has 0 spiro atoms. The molecule has 1 heterocycles. The minimum Gasteiger partial charge on any atom is -0.480 e. The highest BCUT2D eigenvalue weighted by molar-refractivity contribution is 7.59. The fourth-order valence-corrected chi connectivity index (χ4v) is 8.23. The summed E-state index contributed by atoms with van der Waals surface area (Å²) in [6.45, 7) is 6.22. The number of carboxylic acid groups (broad SMARTS) is 1. The first-order chi connectivity index (χ1) is 18.6. The lowest BCUT2D eigenvalue weighted by atomic mass is 9.79. The lowest BCUT2D eigenvalue weighted by Crippen LogP contribution is -2.42. The molecule has 0 radical (unpaired) electrons. The smallest absolute Gasteiger partial charge is 0.326 e. The number of hydrogen-bond acceptors (Lipinski definition) is 5. The van der Waals surface area contributed by atoms with Crippen LogP contribution < -0.4 is 0 Å². The molecule has 1 aromatic carbocycles. The monoisotopic (exact) mass is 579 g/mol. The maximum Gasteiger partial charge on any atom is 0.326 e. The number of aryl methyl sites for hydroxylation is 1. The second kappa shape index (κ2) is 15.5. The fourth-order valence-electron chi connectivity index (χ4n) is 5.81. The van der Waals surface area contributed by atoms with E-state index in [0.29, 0.717) is 37.2 Å². The number of carboxylic acids is 1. The molecule has 218 valence electrons. The first-order valence-corrected chi connectivity index (χ1v) is 17.2. The summed E-state index contributed by atoms with van der Waals surface area (Å²) in [7, 11) is -0.0221. The van der Waals surface area contributed by atoms with Crippen molar-refractivity contribution >= 4 is 33.6 Å². The summed E-state index contributed by atoms with van der Waals surface area (Å²) in [4.78, 5) is 27.3. The Morgan fingerprint density at radius 2 is 1.79 bits per heavy atom. The van der Waals surface area contributed by atoms with Gasteiger partial charge in [-0.3, -0.25) is 13.9 Å². The number of carbonyl (C=O) groups is 2. The highest BCUT2D eigenvalue weighted by atomic mass is 31.2. The first kappa shape index (κ1) is 32.0. The molecule has 9 heteroatoms. The van der Waals surface area contributed by atoms with Crippen LogP contribution in [0.3, 0.4) is 0 Å². The summed E-state index contributed by atoms with van der Waals surface area (Å²) < 4.78 is 26.4. The Kier molecular flexibility index (Phi) is 12.7. The molecule has 39 heavy (non-hydrogen) atoms. The summed E-state index contributed by atoms with van der Waals surface area (Å²) in [5, 5.41) is 9.95. The summed E-state index contributed by atoms with van der Waals surface area (Å²) in [6, 6.07) is 9.27. The van der Waals surface area contributed by atoms with E-state index in [1.54, 1.807) is 0 Å². The van der Waals surface area contributed by atoms with Crippen molar-refractivity contribution in [3.05, 3.63) is 35.9 Å². The van der Waals surface area contributed by atoms with Crippen LogP contribution in [-0.2, 0) is 29.8 Å². The van der Waals surface area contributed by atoms with Crippen LogP contribution in [0.4, 0.5) is 0 Å². The third-order valence-electron chi connectivity index (χ3n) is 8.11. The number of nitrogens with zero attached hydrogens (tertiary/aromatic N) is 1. The Balaban J connectivity index is 1.73. The van der Waals surface area contributed by atoms with Gasteiger partial charge in [0.25, 0.3) is 0 Å². The zero-order valence-electron chi connectivity index (χ0n) is 23.8. The van der Waals surface area contributed by atoms with Gasteiger partial charge in [0.2, 0.25) is 13.3 Å². The predicted molar refractivity (Wildman–Crippen MR) is 159 cm³/mol. The largest absolute Gasteiger partial charge is 0.480 e. The van der Waals surface area contributed by atoms with Gasteiger partial charge in [0.05, 0.1) is 5.48 Å². The summed E-state index contributed by atoms with van der Waals surface area (Å²) in [5.41, 5.74) is 1.81. The Hall–Kier alpha value is -1.52. The summed E-state index contributed by atoms with van der Waals surface area (Å²) in [5.74, 6) is -0.814. The van der Waals surface area contributed by atoms with Gasteiger partial charge in [0.15, 0.2) is 6.29 Å². The number of rotatable bonds is 15. The van der Waals surface area contributed by atoms with E-state index in [1.807, 2.05) is 39.0 Å². The molecule has 0 bridgehead atoms. The molecule has 1 aliphatic heterocycles. The van der Waals surface area contributed by atoms with Crippen LogP contribution in [0.1, 0.15) is 84.1 Å². The predicted octanol–water partition coefficient (Wildman–Crippen LogP) is 6.87. The second-order valence-electron chi connectivity index (χ2n) is 11.5.